The summed E-state index contributed by atoms with van der Waals surface area (Å²) >= 11 is 0. The first-order valence-electron chi connectivity index (χ1n) is 8.94. The van der Waals surface area contributed by atoms with Crippen molar-refractivity contribution in [2.24, 2.45) is 0 Å². The smallest absolute Gasteiger partial charge is 0.242 e. The predicted octanol–water partition coefficient (Wildman–Crippen LogP) is 3.34. The Bertz CT molecular complexity index is 725. The van der Waals surface area contributed by atoms with Crippen LogP contribution in [0.4, 0.5) is 5.69 Å². The molecule has 0 heterocycles. The van der Waals surface area contributed by atoms with E-state index >= 15 is 0 Å². The Hall–Kier alpha value is -2.49. The van der Waals surface area contributed by atoms with Crippen LogP contribution in [0.2, 0.25) is 0 Å². The summed E-state index contributed by atoms with van der Waals surface area (Å²) in [5.74, 6) is 0.869. The lowest BCUT2D eigenvalue weighted by Crippen LogP contribution is -2.38. The number of methoxy groups -OCH3 is 1. The van der Waals surface area contributed by atoms with E-state index in [2.05, 4.69) is 28.8 Å². The highest BCUT2D eigenvalue weighted by molar-refractivity contribution is 5.84. The Morgan fingerprint density at radius 3 is 2.64 bits per heavy atom. The van der Waals surface area contributed by atoms with Crippen LogP contribution in [-0.2, 0) is 24.1 Å². The van der Waals surface area contributed by atoms with Gasteiger partial charge in [0.15, 0.2) is 0 Å². The minimum absolute atomic E-state index is 0.0222. The Balaban J connectivity index is 1.45. The molecule has 0 aromatic heterocycles. The van der Waals surface area contributed by atoms with Gasteiger partial charge >= 0.3 is 0 Å². The Labute approximate surface area is 149 Å². The summed E-state index contributed by atoms with van der Waals surface area (Å²) in [6, 6.07) is 14.1. The topological polar surface area (TPSA) is 50.4 Å². The number of hydrogen-bond donors (Lipinski definition) is 2. The molecule has 4 nitrogen and oxygen atoms in total. The van der Waals surface area contributed by atoms with Gasteiger partial charge in [0.2, 0.25) is 5.91 Å². The third kappa shape index (κ3) is 4.53. The molecule has 132 valence electrons. The number of nitrogens with one attached hydrogen (secondary N) is 2. The second-order valence-corrected chi connectivity index (χ2v) is 6.59. The van der Waals surface area contributed by atoms with Gasteiger partial charge in [-0.1, -0.05) is 18.2 Å². The Kier molecular flexibility index (Phi) is 5.59. The third-order valence-corrected chi connectivity index (χ3v) is 4.75. The lowest BCUT2D eigenvalue weighted by Gasteiger charge is -2.16. The van der Waals surface area contributed by atoms with E-state index in [-0.39, 0.29) is 11.9 Å². The van der Waals surface area contributed by atoms with Crippen molar-refractivity contribution in [2.75, 3.05) is 19.0 Å². The molecule has 0 spiro atoms. The molecular weight excluding hydrogens is 312 g/mol. The van der Waals surface area contributed by atoms with Crippen molar-refractivity contribution >= 4 is 11.6 Å². The van der Waals surface area contributed by atoms with E-state index in [0.29, 0.717) is 6.54 Å². The maximum Gasteiger partial charge on any atom is 0.242 e. The quantitative estimate of drug-likeness (QED) is 0.814. The number of carbonyl (C=O) groups is 1. The van der Waals surface area contributed by atoms with Gasteiger partial charge in [0, 0.05) is 12.2 Å². The number of carbonyl (C=O) groups excluding carboxylic acids is 1. The van der Waals surface area contributed by atoms with Crippen molar-refractivity contribution in [3.63, 3.8) is 0 Å². The second-order valence-electron chi connectivity index (χ2n) is 6.59. The van der Waals surface area contributed by atoms with Gasteiger partial charge in [-0.15, -0.1) is 0 Å². The SMILES string of the molecule is COc1ccc(CCNC(=O)C(C)Nc2ccc3c(c2)CCC3)cc1. The fourth-order valence-corrected chi connectivity index (χ4v) is 3.25. The second kappa shape index (κ2) is 8.06. The number of fused-ring (bicyclic) bond motifs is 1. The van der Waals surface area contributed by atoms with Crippen molar-refractivity contribution in [3.8, 4) is 5.75 Å². The molecule has 0 aliphatic heterocycles. The van der Waals surface area contributed by atoms with E-state index in [1.165, 1.54) is 29.5 Å². The summed E-state index contributed by atoms with van der Waals surface area (Å²) < 4.78 is 5.15. The van der Waals surface area contributed by atoms with Gasteiger partial charge in [-0.3, -0.25) is 4.79 Å². The van der Waals surface area contributed by atoms with Crippen LogP contribution in [0, 0.1) is 0 Å². The normalized spacial score (nSPS) is 13.8. The molecule has 0 bridgehead atoms. The highest BCUT2D eigenvalue weighted by Gasteiger charge is 2.14. The van der Waals surface area contributed by atoms with E-state index in [0.717, 1.165) is 24.3 Å². The van der Waals surface area contributed by atoms with Crippen LogP contribution in [0.3, 0.4) is 0 Å². The summed E-state index contributed by atoms with van der Waals surface area (Å²) in [6.07, 6.45) is 4.37. The van der Waals surface area contributed by atoms with E-state index in [4.69, 9.17) is 4.74 Å². The van der Waals surface area contributed by atoms with Crippen molar-refractivity contribution in [1.29, 1.82) is 0 Å². The van der Waals surface area contributed by atoms with Crippen LogP contribution in [-0.4, -0.2) is 25.6 Å². The molecule has 2 aromatic carbocycles. The van der Waals surface area contributed by atoms with E-state index in [1.807, 2.05) is 31.2 Å². The zero-order valence-corrected chi connectivity index (χ0v) is 15.0. The van der Waals surface area contributed by atoms with Crippen molar-refractivity contribution in [2.45, 2.75) is 38.6 Å². The van der Waals surface area contributed by atoms with Crippen LogP contribution < -0.4 is 15.4 Å². The largest absolute Gasteiger partial charge is 0.497 e. The zero-order valence-electron chi connectivity index (χ0n) is 15.0. The summed E-state index contributed by atoms with van der Waals surface area (Å²) in [6.45, 7) is 2.53. The molecule has 0 fully saturated rings. The lowest BCUT2D eigenvalue weighted by atomic mass is 10.1. The first kappa shape index (κ1) is 17.3. The maximum atomic E-state index is 12.3. The number of amides is 1. The minimum atomic E-state index is -0.254. The number of aryl methyl sites for hydroxylation is 2. The Morgan fingerprint density at radius 2 is 1.88 bits per heavy atom. The van der Waals surface area contributed by atoms with Crippen molar-refractivity contribution in [3.05, 3.63) is 59.2 Å². The maximum absolute atomic E-state index is 12.3. The molecular formula is C21H26N2O2. The standard InChI is InChI=1S/C21H26N2O2/c1-15(23-19-9-8-17-4-3-5-18(17)14-19)21(24)22-13-12-16-6-10-20(25-2)11-7-16/h6-11,14-15,23H,3-5,12-13H2,1-2H3,(H,22,24). The number of ether oxygens (including phenoxy) is 1. The number of benzene rings is 2. The molecule has 1 unspecified atom stereocenters. The van der Waals surface area contributed by atoms with E-state index < -0.39 is 0 Å². The molecule has 2 aromatic rings. The summed E-state index contributed by atoms with van der Waals surface area (Å²) in [7, 11) is 1.66. The van der Waals surface area contributed by atoms with Crippen LogP contribution in [0.1, 0.15) is 30.0 Å². The molecule has 25 heavy (non-hydrogen) atoms. The fourth-order valence-electron chi connectivity index (χ4n) is 3.25. The first-order chi connectivity index (χ1) is 12.2. The van der Waals surface area contributed by atoms with Crippen LogP contribution in [0.5, 0.6) is 5.75 Å². The molecule has 0 radical (unpaired) electrons. The van der Waals surface area contributed by atoms with E-state index in [1.54, 1.807) is 7.11 Å². The van der Waals surface area contributed by atoms with Gasteiger partial charge in [0.1, 0.15) is 11.8 Å². The van der Waals surface area contributed by atoms with E-state index in [9.17, 15) is 4.79 Å². The molecule has 2 N–H and O–H groups in total. The van der Waals surface area contributed by atoms with Gasteiger partial charge in [0.05, 0.1) is 7.11 Å². The highest BCUT2D eigenvalue weighted by atomic mass is 16.5. The summed E-state index contributed by atoms with van der Waals surface area (Å²) in [5.41, 5.74) is 5.07. The van der Waals surface area contributed by atoms with Gasteiger partial charge < -0.3 is 15.4 Å². The predicted molar refractivity (Wildman–Crippen MR) is 101 cm³/mol. The molecule has 0 saturated carbocycles. The van der Waals surface area contributed by atoms with Crippen molar-refractivity contribution in [1.82, 2.24) is 5.32 Å². The monoisotopic (exact) mass is 338 g/mol. The first-order valence-corrected chi connectivity index (χ1v) is 8.94. The third-order valence-electron chi connectivity index (χ3n) is 4.75. The highest BCUT2D eigenvalue weighted by Crippen LogP contribution is 2.25. The molecule has 0 saturated heterocycles. The van der Waals surface area contributed by atoms with Gasteiger partial charge in [-0.2, -0.15) is 0 Å². The lowest BCUT2D eigenvalue weighted by molar-refractivity contribution is -0.121. The Morgan fingerprint density at radius 1 is 1.12 bits per heavy atom. The summed E-state index contributed by atoms with van der Waals surface area (Å²) in [4.78, 5) is 12.3. The number of rotatable bonds is 7. The average Bonchev–Trinajstić information content (AvgIpc) is 3.10. The summed E-state index contributed by atoms with van der Waals surface area (Å²) in [5, 5.41) is 6.31. The molecule has 1 aliphatic carbocycles. The number of anilines is 1. The van der Waals surface area contributed by atoms with Crippen LogP contribution >= 0.6 is 0 Å². The molecule has 1 atom stereocenters. The molecule has 3 rings (SSSR count). The van der Waals surface area contributed by atoms with Crippen molar-refractivity contribution < 1.29 is 9.53 Å². The molecule has 1 amide bonds. The number of hydrogen-bond acceptors (Lipinski definition) is 3. The van der Waals surface area contributed by atoms with Crippen LogP contribution in [0.25, 0.3) is 0 Å². The van der Waals surface area contributed by atoms with Gasteiger partial charge in [-0.05, 0) is 73.6 Å². The van der Waals surface area contributed by atoms with Gasteiger partial charge in [0.25, 0.3) is 0 Å². The fraction of sp³-hybridized carbons (Fsp3) is 0.381. The zero-order chi connectivity index (χ0) is 17.6. The molecule has 4 heteroatoms. The van der Waals surface area contributed by atoms with Crippen LogP contribution in [0.15, 0.2) is 42.5 Å². The molecule has 1 aliphatic rings. The minimum Gasteiger partial charge on any atom is -0.497 e. The van der Waals surface area contributed by atoms with Gasteiger partial charge in [-0.25, -0.2) is 0 Å². The average molecular weight is 338 g/mol.